The van der Waals surface area contributed by atoms with E-state index in [0.717, 1.165) is 62.4 Å². The van der Waals surface area contributed by atoms with Crippen LogP contribution >= 0.6 is 0 Å². The molecule has 2 aliphatic heterocycles. The van der Waals surface area contributed by atoms with Crippen molar-refractivity contribution in [3.63, 3.8) is 0 Å². The zero-order valence-corrected chi connectivity index (χ0v) is 13.8. The van der Waals surface area contributed by atoms with Gasteiger partial charge >= 0.3 is 0 Å². The van der Waals surface area contributed by atoms with Gasteiger partial charge in [0.15, 0.2) is 0 Å². The van der Waals surface area contributed by atoms with Gasteiger partial charge in [-0.25, -0.2) is 9.97 Å². The number of carbonyl (C=O) groups is 1. The lowest BCUT2D eigenvalue weighted by Crippen LogP contribution is -2.34. The summed E-state index contributed by atoms with van der Waals surface area (Å²) in [6, 6.07) is 0. The molecule has 1 N–H and O–H groups in total. The Labute approximate surface area is 132 Å². The highest BCUT2D eigenvalue weighted by Gasteiger charge is 2.32. The molecule has 3 heterocycles. The average molecular weight is 302 g/mol. The maximum atomic E-state index is 12.9. The van der Waals surface area contributed by atoms with E-state index in [2.05, 4.69) is 29.1 Å². The third-order valence-corrected chi connectivity index (χ3v) is 5.02. The van der Waals surface area contributed by atoms with Crippen molar-refractivity contribution < 1.29 is 4.79 Å². The fourth-order valence-electron chi connectivity index (χ4n) is 3.68. The summed E-state index contributed by atoms with van der Waals surface area (Å²) < 4.78 is 0. The number of rotatable bonds is 2. The van der Waals surface area contributed by atoms with E-state index in [4.69, 9.17) is 0 Å². The molecule has 0 spiro atoms. The van der Waals surface area contributed by atoms with Gasteiger partial charge in [0.25, 0.3) is 5.91 Å². The van der Waals surface area contributed by atoms with Gasteiger partial charge in [-0.3, -0.25) is 4.79 Å². The van der Waals surface area contributed by atoms with Crippen LogP contribution in [-0.2, 0) is 0 Å². The second-order valence-electron chi connectivity index (χ2n) is 6.92. The SMILES string of the molecule is Cc1ncc(C(=O)N2CC[C@@H]3CNC[C@@H]3CC2)c(C(C)C)n1. The Morgan fingerprint density at radius 2 is 1.91 bits per heavy atom. The zero-order valence-electron chi connectivity index (χ0n) is 13.8. The maximum Gasteiger partial charge on any atom is 0.257 e. The Bertz CT molecular complexity index is 544. The van der Waals surface area contributed by atoms with E-state index in [1.54, 1.807) is 6.20 Å². The van der Waals surface area contributed by atoms with Crippen LogP contribution < -0.4 is 5.32 Å². The van der Waals surface area contributed by atoms with E-state index < -0.39 is 0 Å². The Morgan fingerprint density at radius 1 is 1.27 bits per heavy atom. The average Bonchev–Trinajstić information content (AvgIpc) is 2.85. The molecule has 120 valence electrons. The van der Waals surface area contributed by atoms with E-state index in [1.165, 1.54) is 0 Å². The Balaban J connectivity index is 1.79. The third kappa shape index (κ3) is 3.00. The van der Waals surface area contributed by atoms with Gasteiger partial charge in [-0.1, -0.05) is 13.8 Å². The summed E-state index contributed by atoms with van der Waals surface area (Å²) in [4.78, 5) is 23.7. The van der Waals surface area contributed by atoms with Crippen LogP contribution in [0.4, 0.5) is 0 Å². The molecule has 5 heteroatoms. The van der Waals surface area contributed by atoms with Crippen LogP contribution in [0.25, 0.3) is 0 Å². The number of nitrogens with zero attached hydrogens (tertiary/aromatic N) is 3. The highest BCUT2D eigenvalue weighted by molar-refractivity contribution is 5.95. The predicted octanol–water partition coefficient (Wildman–Crippen LogP) is 1.98. The van der Waals surface area contributed by atoms with Gasteiger partial charge < -0.3 is 10.2 Å². The molecule has 1 amide bonds. The van der Waals surface area contributed by atoms with Gasteiger partial charge in [-0.05, 0) is 50.6 Å². The van der Waals surface area contributed by atoms with Gasteiger partial charge in [-0.15, -0.1) is 0 Å². The summed E-state index contributed by atoms with van der Waals surface area (Å²) in [6.07, 6.45) is 3.92. The van der Waals surface area contributed by atoms with Crippen LogP contribution in [0.5, 0.6) is 0 Å². The lowest BCUT2D eigenvalue weighted by molar-refractivity contribution is 0.0756. The molecule has 0 radical (unpaired) electrons. The van der Waals surface area contributed by atoms with E-state index in [9.17, 15) is 4.79 Å². The Kier molecular flexibility index (Phi) is 4.43. The third-order valence-electron chi connectivity index (χ3n) is 5.02. The minimum Gasteiger partial charge on any atom is -0.339 e. The minimum absolute atomic E-state index is 0.108. The van der Waals surface area contributed by atoms with Crippen LogP contribution in [0.15, 0.2) is 6.20 Å². The fraction of sp³-hybridized carbons (Fsp3) is 0.706. The molecule has 2 atom stereocenters. The highest BCUT2D eigenvalue weighted by atomic mass is 16.2. The number of aromatic nitrogens is 2. The summed E-state index contributed by atoms with van der Waals surface area (Å²) in [5.74, 6) is 2.54. The van der Waals surface area contributed by atoms with Crippen molar-refractivity contribution in [3.05, 3.63) is 23.3 Å². The standard InChI is InChI=1S/C17H26N4O/c1-11(2)16-15(10-19-12(3)20-16)17(22)21-6-4-13-8-18-9-14(13)5-7-21/h10-11,13-14,18H,4-9H2,1-3H3/t13-,14+. The minimum atomic E-state index is 0.108. The molecule has 0 saturated carbocycles. The summed E-state index contributed by atoms with van der Waals surface area (Å²) in [5.41, 5.74) is 1.56. The van der Waals surface area contributed by atoms with Crippen molar-refractivity contribution in [3.8, 4) is 0 Å². The number of hydrogen-bond acceptors (Lipinski definition) is 4. The molecule has 1 aromatic rings. The normalized spacial score (nSPS) is 25.2. The quantitative estimate of drug-likeness (QED) is 0.907. The molecule has 0 aliphatic carbocycles. The summed E-state index contributed by atoms with van der Waals surface area (Å²) in [6.45, 7) is 9.96. The van der Waals surface area contributed by atoms with Crippen molar-refractivity contribution in [1.82, 2.24) is 20.2 Å². The zero-order chi connectivity index (χ0) is 15.7. The molecular weight excluding hydrogens is 276 g/mol. The number of aryl methyl sites for hydroxylation is 1. The number of amides is 1. The number of hydrogen-bond donors (Lipinski definition) is 1. The summed E-state index contributed by atoms with van der Waals surface area (Å²) in [5, 5.41) is 3.47. The van der Waals surface area contributed by atoms with Crippen molar-refractivity contribution >= 4 is 5.91 Å². The van der Waals surface area contributed by atoms with E-state index in [1.807, 2.05) is 11.8 Å². The lowest BCUT2D eigenvalue weighted by Gasteiger charge is -2.22. The first kappa shape index (κ1) is 15.4. The van der Waals surface area contributed by atoms with Gasteiger partial charge in [0.1, 0.15) is 5.82 Å². The van der Waals surface area contributed by atoms with Crippen molar-refractivity contribution in [2.75, 3.05) is 26.2 Å². The van der Waals surface area contributed by atoms with E-state index in [-0.39, 0.29) is 11.8 Å². The topological polar surface area (TPSA) is 58.1 Å². The first-order valence-electron chi connectivity index (χ1n) is 8.39. The van der Waals surface area contributed by atoms with Crippen LogP contribution in [0.3, 0.4) is 0 Å². The lowest BCUT2D eigenvalue weighted by atomic mass is 9.92. The van der Waals surface area contributed by atoms with Gasteiger partial charge in [0.2, 0.25) is 0 Å². The number of nitrogens with one attached hydrogen (secondary N) is 1. The molecule has 1 aromatic heterocycles. The molecule has 22 heavy (non-hydrogen) atoms. The maximum absolute atomic E-state index is 12.9. The number of likely N-dealkylation sites (tertiary alicyclic amines) is 1. The van der Waals surface area contributed by atoms with Crippen LogP contribution in [0, 0.1) is 18.8 Å². The van der Waals surface area contributed by atoms with Crippen molar-refractivity contribution in [1.29, 1.82) is 0 Å². The van der Waals surface area contributed by atoms with Gasteiger partial charge in [0.05, 0.1) is 11.3 Å². The van der Waals surface area contributed by atoms with E-state index >= 15 is 0 Å². The fourth-order valence-corrected chi connectivity index (χ4v) is 3.68. The van der Waals surface area contributed by atoms with Crippen LogP contribution in [-0.4, -0.2) is 47.0 Å². The number of carbonyl (C=O) groups excluding carboxylic acids is 1. The first-order chi connectivity index (χ1) is 10.6. The van der Waals surface area contributed by atoms with Crippen LogP contribution in [0.1, 0.15) is 54.5 Å². The molecule has 3 rings (SSSR count). The molecule has 5 nitrogen and oxygen atoms in total. The molecule has 0 unspecified atom stereocenters. The molecule has 2 saturated heterocycles. The molecule has 2 aliphatic rings. The smallest absolute Gasteiger partial charge is 0.257 e. The monoisotopic (exact) mass is 302 g/mol. The van der Waals surface area contributed by atoms with Crippen molar-refractivity contribution in [2.24, 2.45) is 11.8 Å². The molecular formula is C17H26N4O. The molecule has 2 fully saturated rings. The predicted molar refractivity (Wildman–Crippen MR) is 85.8 cm³/mol. The second kappa shape index (κ2) is 6.32. The first-order valence-corrected chi connectivity index (χ1v) is 8.39. The van der Waals surface area contributed by atoms with Crippen LogP contribution in [0.2, 0.25) is 0 Å². The second-order valence-corrected chi connectivity index (χ2v) is 6.92. The Morgan fingerprint density at radius 3 is 2.50 bits per heavy atom. The molecule has 0 bridgehead atoms. The van der Waals surface area contributed by atoms with Gasteiger partial charge in [-0.2, -0.15) is 0 Å². The number of fused-ring (bicyclic) bond motifs is 1. The Hall–Kier alpha value is -1.49. The summed E-state index contributed by atoms with van der Waals surface area (Å²) >= 11 is 0. The molecule has 0 aromatic carbocycles. The van der Waals surface area contributed by atoms with E-state index in [0.29, 0.717) is 5.56 Å². The highest BCUT2D eigenvalue weighted by Crippen LogP contribution is 2.28. The van der Waals surface area contributed by atoms with Crippen molar-refractivity contribution in [2.45, 2.75) is 39.5 Å². The van der Waals surface area contributed by atoms with Gasteiger partial charge in [0, 0.05) is 19.3 Å². The summed E-state index contributed by atoms with van der Waals surface area (Å²) in [7, 11) is 0. The largest absolute Gasteiger partial charge is 0.339 e.